The second-order valence-electron chi connectivity index (χ2n) is 6.24. The molecule has 0 spiro atoms. The minimum Gasteiger partial charge on any atom is -0.346 e. The highest BCUT2D eigenvalue weighted by molar-refractivity contribution is 7.13. The standard InChI is InChI=1S/C15H21N5OS/c1-10-9-22-15(16-10)20-7-5-19(6-8-20)11(2)14-17-13(18-21-14)12-3-4-12/h9,11-12H,3-8H2,1-2H3. The zero-order valence-electron chi connectivity index (χ0n) is 13.0. The summed E-state index contributed by atoms with van der Waals surface area (Å²) in [5, 5.41) is 7.38. The molecule has 1 unspecified atom stereocenters. The molecule has 7 heteroatoms. The van der Waals surface area contributed by atoms with E-state index in [0.717, 1.165) is 48.7 Å². The molecule has 2 aromatic heterocycles. The van der Waals surface area contributed by atoms with Crippen LogP contribution < -0.4 is 4.90 Å². The highest BCUT2D eigenvalue weighted by Crippen LogP contribution is 2.38. The molecule has 0 radical (unpaired) electrons. The van der Waals surface area contributed by atoms with Crippen molar-refractivity contribution in [2.24, 2.45) is 0 Å². The van der Waals surface area contributed by atoms with Crippen molar-refractivity contribution in [3.63, 3.8) is 0 Å². The Hall–Kier alpha value is -1.47. The molecule has 3 heterocycles. The number of aryl methyl sites for hydroxylation is 1. The van der Waals surface area contributed by atoms with Gasteiger partial charge in [0.15, 0.2) is 11.0 Å². The van der Waals surface area contributed by atoms with Gasteiger partial charge in [-0.15, -0.1) is 11.3 Å². The molecule has 118 valence electrons. The van der Waals surface area contributed by atoms with Gasteiger partial charge in [0.1, 0.15) is 0 Å². The third-order valence-electron chi connectivity index (χ3n) is 4.50. The second-order valence-corrected chi connectivity index (χ2v) is 7.07. The van der Waals surface area contributed by atoms with Crippen LogP contribution in [-0.4, -0.2) is 46.2 Å². The topological polar surface area (TPSA) is 58.3 Å². The second kappa shape index (κ2) is 5.62. The Kier molecular flexibility index (Phi) is 3.62. The van der Waals surface area contributed by atoms with Crippen LogP contribution in [-0.2, 0) is 0 Å². The van der Waals surface area contributed by atoms with Gasteiger partial charge in [-0.3, -0.25) is 4.90 Å². The van der Waals surface area contributed by atoms with Gasteiger partial charge >= 0.3 is 0 Å². The zero-order valence-corrected chi connectivity index (χ0v) is 13.8. The van der Waals surface area contributed by atoms with E-state index in [9.17, 15) is 0 Å². The first-order valence-corrected chi connectivity index (χ1v) is 8.83. The summed E-state index contributed by atoms with van der Waals surface area (Å²) >= 11 is 1.73. The first kappa shape index (κ1) is 14.1. The van der Waals surface area contributed by atoms with E-state index in [1.54, 1.807) is 11.3 Å². The molecule has 1 saturated carbocycles. The van der Waals surface area contributed by atoms with E-state index in [-0.39, 0.29) is 6.04 Å². The van der Waals surface area contributed by atoms with Crippen LogP contribution in [0.25, 0.3) is 0 Å². The number of aromatic nitrogens is 3. The Morgan fingerprint density at radius 2 is 2.00 bits per heavy atom. The van der Waals surface area contributed by atoms with Crippen LogP contribution >= 0.6 is 11.3 Å². The maximum atomic E-state index is 5.47. The fourth-order valence-corrected chi connectivity index (χ4v) is 3.72. The number of hydrogen-bond acceptors (Lipinski definition) is 7. The van der Waals surface area contributed by atoms with E-state index in [1.807, 2.05) is 6.92 Å². The lowest BCUT2D eigenvalue weighted by molar-refractivity contribution is 0.164. The zero-order chi connectivity index (χ0) is 15.1. The van der Waals surface area contributed by atoms with E-state index in [1.165, 1.54) is 12.8 Å². The van der Waals surface area contributed by atoms with Crippen molar-refractivity contribution in [2.45, 2.75) is 38.6 Å². The highest BCUT2D eigenvalue weighted by atomic mass is 32.1. The largest absolute Gasteiger partial charge is 0.346 e. The Morgan fingerprint density at radius 3 is 2.64 bits per heavy atom. The van der Waals surface area contributed by atoms with Gasteiger partial charge in [-0.1, -0.05) is 5.16 Å². The molecule has 1 aliphatic heterocycles. The maximum Gasteiger partial charge on any atom is 0.243 e. The predicted octanol–water partition coefficient (Wildman–Crippen LogP) is 2.60. The minimum absolute atomic E-state index is 0.195. The Labute approximate surface area is 134 Å². The van der Waals surface area contributed by atoms with E-state index < -0.39 is 0 Å². The van der Waals surface area contributed by atoms with E-state index in [2.05, 4.69) is 37.2 Å². The molecule has 2 fully saturated rings. The molecule has 22 heavy (non-hydrogen) atoms. The minimum atomic E-state index is 0.195. The van der Waals surface area contributed by atoms with Crippen molar-refractivity contribution < 1.29 is 4.52 Å². The fourth-order valence-electron chi connectivity index (χ4n) is 2.87. The number of nitrogens with zero attached hydrogens (tertiary/aromatic N) is 5. The molecule has 6 nitrogen and oxygen atoms in total. The van der Waals surface area contributed by atoms with Gasteiger partial charge in [-0.05, 0) is 26.7 Å². The van der Waals surface area contributed by atoms with E-state index in [4.69, 9.17) is 4.52 Å². The van der Waals surface area contributed by atoms with Gasteiger partial charge in [0.25, 0.3) is 0 Å². The molecule has 4 rings (SSSR count). The molecule has 0 amide bonds. The Balaban J connectivity index is 1.37. The molecule has 1 aliphatic carbocycles. The van der Waals surface area contributed by atoms with Crippen molar-refractivity contribution in [3.05, 3.63) is 22.8 Å². The van der Waals surface area contributed by atoms with Crippen LogP contribution in [0.15, 0.2) is 9.90 Å². The van der Waals surface area contributed by atoms with Crippen molar-refractivity contribution >= 4 is 16.5 Å². The monoisotopic (exact) mass is 319 g/mol. The first-order valence-electron chi connectivity index (χ1n) is 7.95. The van der Waals surface area contributed by atoms with Gasteiger partial charge in [0.2, 0.25) is 5.89 Å². The summed E-state index contributed by atoms with van der Waals surface area (Å²) in [4.78, 5) is 13.9. The molecule has 2 aromatic rings. The number of thiazole rings is 1. The lowest BCUT2D eigenvalue weighted by atomic mass is 10.2. The molecule has 1 atom stereocenters. The van der Waals surface area contributed by atoms with Crippen molar-refractivity contribution in [1.29, 1.82) is 0 Å². The number of hydrogen-bond donors (Lipinski definition) is 0. The van der Waals surface area contributed by atoms with Crippen LogP contribution in [0.2, 0.25) is 0 Å². The molecule has 2 aliphatic rings. The maximum absolute atomic E-state index is 5.47. The highest BCUT2D eigenvalue weighted by Gasteiger charge is 2.31. The number of piperazine rings is 1. The SMILES string of the molecule is Cc1csc(N2CCN(C(C)c3nc(C4CC4)no3)CC2)n1. The Bertz CT molecular complexity index is 642. The predicted molar refractivity (Wildman–Crippen MR) is 85.3 cm³/mol. The Morgan fingerprint density at radius 1 is 1.23 bits per heavy atom. The van der Waals surface area contributed by atoms with Gasteiger partial charge in [0, 0.05) is 37.5 Å². The smallest absolute Gasteiger partial charge is 0.243 e. The summed E-state index contributed by atoms with van der Waals surface area (Å²) < 4.78 is 5.47. The molecule has 0 bridgehead atoms. The van der Waals surface area contributed by atoms with Crippen LogP contribution in [0.4, 0.5) is 5.13 Å². The molecule has 0 aromatic carbocycles. The van der Waals surface area contributed by atoms with Crippen LogP contribution in [0.1, 0.15) is 49.1 Å². The third kappa shape index (κ3) is 2.75. The summed E-state index contributed by atoms with van der Waals surface area (Å²) in [5.41, 5.74) is 1.11. The van der Waals surface area contributed by atoms with Crippen LogP contribution in [0.3, 0.4) is 0 Å². The average molecular weight is 319 g/mol. The lowest BCUT2D eigenvalue weighted by Gasteiger charge is -2.36. The normalized spacial score (nSPS) is 21.3. The number of rotatable bonds is 4. The van der Waals surface area contributed by atoms with Gasteiger partial charge in [-0.25, -0.2) is 4.98 Å². The third-order valence-corrected chi connectivity index (χ3v) is 5.52. The summed E-state index contributed by atoms with van der Waals surface area (Å²) in [5.74, 6) is 2.22. The molecule has 1 saturated heterocycles. The van der Waals surface area contributed by atoms with Gasteiger partial charge < -0.3 is 9.42 Å². The van der Waals surface area contributed by atoms with Crippen molar-refractivity contribution in [3.8, 4) is 0 Å². The van der Waals surface area contributed by atoms with Gasteiger partial charge in [0.05, 0.1) is 11.7 Å². The summed E-state index contributed by atoms with van der Waals surface area (Å²) in [7, 11) is 0. The summed E-state index contributed by atoms with van der Waals surface area (Å²) in [6.07, 6.45) is 2.42. The summed E-state index contributed by atoms with van der Waals surface area (Å²) in [6.45, 7) is 8.21. The quantitative estimate of drug-likeness (QED) is 0.863. The lowest BCUT2D eigenvalue weighted by Crippen LogP contribution is -2.47. The van der Waals surface area contributed by atoms with Crippen molar-refractivity contribution in [1.82, 2.24) is 20.0 Å². The van der Waals surface area contributed by atoms with Crippen LogP contribution in [0.5, 0.6) is 0 Å². The number of anilines is 1. The van der Waals surface area contributed by atoms with E-state index >= 15 is 0 Å². The average Bonchev–Trinajstić information content (AvgIpc) is 3.11. The van der Waals surface area contributed by atoms with Crippen molar-refractivity contribution in [2.75, 3.05) is 31.1 Å². The molecule has 0 N–H and O–H groups in total. The first-order chi connectivity index (χ1) is 10.7. The van der Waals surface area contributed by atoms with E-state index in [0.29, 0.717) is 5.92 Å². The molecular formula is C15H21N5OS. The van der Waals surface area contributed by atoms with Gasteiger partial charge in [-0.2, -0.15) is 4.98 Å². The van der Waals surface area contributed by atoms with Crippen LogP contribution in [0, 0.1) is 6.92 Å². The summed E-state index contributed by atoms with van der Waals surface area (Å²) in [6, 6.07) is 0.195. The molecular weight excluding hydrogens is 298 g/mol. The fraction of sp³-hybridized carbons (Fsp3) is 0.667.